The van der Waals surface area contributed by atoms with Crippen molar-refractivity contribution in [3.8, 4) is 5.75 Å². The van der Waals surface area contributed by atoms with Crippen LogP contribution < -0.4 is 10.5 Å². The van der Waals surface area contributed by atoms with Crippen molar-refractivity contribution in [2.75, 3.05) is 32.5 Å². The summed E-state index contributed by atoms with van der Waals surface area (Å²) in [7, 11) is 1.61. The largest absolute Gasteiger partial charge is 0.491 e. The van der Waals surface area contributed by atoms with Crippen molar-refractivity contribution in [2.24, 2.45) is 0 Å². The van der Waals surface area contributed by atoms with E-state index in [-0.39, 0.29) is 24.1 Å². The van der Waals surface area contributed by atoms with Gasteiger partial charge in [-0.25, -0.2) is 9.37 Å². The molecule has 0 spiro atoms. The first-order valence-corrected chi connectivity index (χ1v) is 8.46. The summed E-state index contributed by atoms with van der Waals surface area (Å²) in [5.41, 5.74) is 5.59. The molecule has 1 aliphatic heterocycles. The predicted molar refractivity (Wildman–Crippen MR) is 95.4 cm³/mol. The Morgan fingerprint density at radius 3 is 2.81 bits per heavy atom. The number of piperidine rings is 1. The van der Waals surface area contributed by atoms with Gasteiger partial charge in [-0.3, -0.25) is 4.79 Å². The first-order valence-electron chi connectivity index (χ1n) is 8.46. The second kappa shape index (κ2) is 7.70. The summed E-state index contributed by atoms with van der Waals surface area (Å²) in [6.07, 6.45) is 3.10. The van der Waals surface area contributed by atoms with Gasteiger partial charge in [-0.05, 0) is 49.2 Å². The maximum Gasteiger partial charge on any atom is 0.257 e. The fraction of sp³-hybridized carbons (Fsp3) is 0.368. The molecule has 0 radical (unpaired) electrons. The average molecular weight is 359 g/mol. The standard InChI is InChI=1S/C19H22FN3O3/c1-25-19(13-26-15-7-5-14(20)6-8-15)9-3-11-23(12-19)18(24)16-4-2-10-22-17(16)21/h2,4-8,10H,3,9,11-13H2,1H3,(H2,21,22). The highest BCUT2D eigenvalue weighted by molar-refractivity contribution is 5.98. The summed E-state index contributed by atoms with van der Waals surface area (Å²) in [5.74, 6) is 0.289. The van der Waals surface area contributed by atoms with Gasteiger partial charge in [0.25, 0.3) is 5.91 Å². The van der Waals surface area contributed by atoms with Gasteiger partial charge < -0.3 is 20.1 Å². The molecule has 138 valence electrons. The molecular formula is C19H22FN3O3. The molecule has 26 heavy (non-hydrogen) atoms. The Bertz CT molecular complexity index is 769. The molecule has 6 nitrogen and oxygen atoms in total. The van der Waals surface area contributed by atoms with Gasteiger partial charge in [-0.2, -0.15) is 0 Å². The minimum absolute atomic E-state index is 0.168. The molecule has 1 saturated heterocycles. The maximum atomic E-state index is 13.0. The second-order valence-electron chi connectivity index (χ2n) is 6.40. The van der Waals surface area contributed by atoms with Crippen LogP contribution in [0.25, 0.3) is 0 Å². The number of carbonyl (C=O) groups is 1. The van der Waals surface area contributed by atoms with Crippen molar-refractivity contribution in [1.82, 2.24) is 9.88 Å². The third-order valence-electron chi connectivity index (χ3n) is 4.64. The zero-order chi connectivity index (χ0) is 18.6. The summed E-state index contributed by atoms with van der Waals surface area (Å²) in [4.78, 5) is 18.5. The van der Waals surface area contributed by atoms with Crippen molar-refractivity contribution in [2.45, 2.75) is 18.4 Å². The van der Waals surface area contributed by atoms with Gasteiger partial charge in [0.15, 0.2) is 0 Å². The van der Waals surface area contributed by atoms with Gasteiger partial charge >= 0.3 is 0 Å². The SMILES string of the molecule is COC1(COc2ccc(F)cc2)CCCN(C(=O)c2cccnc2N)C1. The van der Waals surface area contributed by atoms with Crippen molar-refractivity contribution in [3.63, 3.8) is 0 Å². The topological polar surface area (TPSA) is 77.7 Å². The highest BCUT2D eigenvalue weighted by Gasteiger charge is 2.38. The Balaban J connectivity index is 1.71. The number of nitrogen functional groups attached to an aromatic ring is 1. The van der Waals surface area contributed by atoms with E-state index in [1.165, 1.54) is 12.1 Å². The molecule has 1 atom stereocenters. The van der Waals surface area contributed by atoms with E-state index in [2.05, 4.69) is 4.98 Å². The minimum atomic E-state index is -0.626. The van der Waals surface area contributed by atoms with Crippen LogP contribution in [0.15, 0.2) is 42.6 Å². The van der Waals surface area contributed by atoms with E-state index >= 15 is 0 Å². The van der Waals surface area contributed by atoms with Crippen molar-refractivity contribution >= 4 is 11.7 Å². The Labute approximate surface area is 151 Å². The average Bonchev–Trinajstić information content (AvgIpc) is 2.67. The molecule has 2 N–H and O–H groups in total. The first-order chi connectivity index (χ1) is 12.5. The van der Waals surface area contributed by atoms with Crippen LogP contribution in [-0.4, -0.2) is 48.2 Å². The molecule has 0 bridgehead atoms. The fourth-order valence-electron chi connectivity index (χ4n) is 3.13. The molecule has 3 rings (SSSR count). The monoisotopic (exact) mass is 359 g/mol. The molecule has 1 aromatic heterocycles. The lowest BCUT2D eigenvalue weighted by Gasteiger charge is -2.41. The van der Waals surface area contributed by atoms with Gasteiger partial charge in [0.1, 0.15) is 29.6 Å². The Kier molecular flexibility index (Phi) is 5.37. The Morgan fingerprint density at radius 1 is 1.35 bits per heavy atom. The van der Waals surface area contributed by atoms with Gasteiger partial charge in [0.2, 0.25) is 0 Å². The van der Waals surface area contributed by atoms with E-state index in [1.54, 1.807) is 42.5 Å². The van der Waals surface area contributed by atoms with E-state index in [4.69, 9.17) is 15.2 Å². The van der Waals surface area contributed by atoms with E-state index < -0.39 is 5.60 Å². The molecule has 1 amide bonds. The molecule has 1 aliphatic rings. The minimum Gasteiger partial charge on any atom is -0.491 e. The number of nitrogens with two attached hydrogens (primary N) is 1. The number of anilines is 1. The number of rotatable bonds is 5. The predicted octanol–water partition coefficient (Wildman–Crippen LogP) is 2.50. The summed E-state index contributed by atoms with van der Waals surface area (Å²) in [6, 6.07) is 9.19. The van der Waals surface area contributed by atoms with Crippen molar-refractivity contribution < 1.29 is 18.7 Å². The number of pyridine rings is 1. The van der Waals surface area contributed by atoms with Crippen LogP contribution in [0.4, 0.5) is 10.2 Å². The number of hydrogen-bond acceptors (Lipinski definition) is 5. The summed E-state index contributed by atoms with van der Waals surface area (Å²) in [6.45, 7) is 1.27. The summed E-state index contributed by atoms with van der Waals surface area (Å²) >= 11 is 0. The molecule has 7 heteroatoms. The second-order valence-corrected chi connectivity index (χ2v) is 6.40. The quantitative estimate of drug-likeness (QED) is 0.887. The third-order valence-corrected chi connectivity index (χ3v) is 4.64. The molecule has 1 aromatic carbocycles. The highest BCUT2D eigenvalue weighted by Crippen LogP contribution is 2.27. The lowest BCUT2D eigenvalue weighted by atomic mass is 9.92. The molecule has 2 heterocycles. The molecule has 0 aliphatic carbocycles. The molecule has 1 fully saturated rings. The number of methoxy groups -OCH3 is 1. The van der Waals surface area contributed by atoms with Crippen LogP contribution in [-0.2, 0) is 4.74 Å². The van der Waals surface area contributed by atoms with Gasteiger partial charge in [0, 0.05) is 19.9 Å². The summed E-state index contributed by atoms with van der Waals surface area (Å²) in [5, 5.41) is 0. The Morgan fingerprint density at radius 2 is 2.12 bits per heavy atom. The number of halogens is 1. The number of likely N-dealkylation sites (tertiary alicyclic amines) is 1. The Hall–Kier alpha value is -2.67. The van der Waals surface area contributed by atoms with Crippen LogP contribution >= 0.6 is 0 Å². The van der Waals surface area contributed by atoms with E-state index in [0.29, 0.717) is 24.4 Å². The van der Waals surface area contributed by atoms with Crippen LogP contribution in [0.2, 0.25) is 0 Å². The number of amides is 1. The van der Waals surface area contributed by atoms with Crippen LogP contribution in [0, 0.1) is 5.82 Å². The lowest BCUT2D eigenvalue weighted by Crippen LogP contribution is -2.54. The molecule has 0 saturated carbocycles. The number of ether oxygens (including phenoxy) is 2. The van der Waals surface area contributed by atoms with Gasteiger partial charge in [-0.1, -0.05) is 0 Å². The van der Waals surface area contributed by atoms with Gasteiger partial charge in [-0.15, -0.1) is 0 Å². The maximum absolute atomic E-state index is 13.0. The van der Waals surface area contributed by atoms with E-state index in [0.717, 1.165) is 12.8 Å². The molecule has 2 aromatic rings. The zero-order valence-electron chi connectivity index (χ0n) is 14.7. The lowest BCUT2D eigenvalue weighted by molar-refractivity contribution is -0.0824. The first kappa shape index (κ1) is 18.1. The zero-order valence-corrected chi connectivity index (χ0v) is 14.7. The number of carbonyl (C=O) groups excluding carboxylic acids is 1. The number of aromatic nitrogens is 1. The number of nitrogens with zero attached hydrogens (tertiary/aromatic N) is 2. The smallest absolute Gasteiger partial charge is 0.257 e. The third kappa shape index (κ3) is 3.94. The number of hydrogen-bond donors (Lipinski definition) is 1. The number of benzene rings is 1. The van der Waals surface area contributed by atoms with Gasteiger partial charge in [0.05, 0.1) is 12.1 Å². The van der Waals surface area contributed by atoms with E-state index in [1.807, 2.05) is 0 Å². The van der Waals surface area contributed by atoms with Crippen LogP contribution in [0.3, 0.4) is 0 Å². The molecular weight excluding hydrogens is 337 g/mol. The van der Waals surface area contributed by atoms with Crippen LogP contribution in [0.5, 0.6) is 5.75 Å². The molecule has 1 unspecified atom stereocenters. The van der Waals surface area contributed by atoms with E-state index in [9.17, 15) is 9.18 Å². The normalized spacial score (nSPS) is 20.0. The van der Waals surface area contributed by atoms with Crippen molar-refractivity contribution in [1.29, 1.82) is 0 Å². The summed E-state index contributed by atoms with van der Waals surface area (Å²) < 4.78 is 24.5. The van der Waals surface area contributed by atoms with Crippen LogP contribution in [0.1, 0.15) is 23.2 Å². The fourth-order valence-corrected chi connectivity index (χ4v) is 3.13. The highest BCUT2D eigenvalue weighted by atomic mass is 19.1. The van der Waals surface area contributed by atoms with Crippen molar-refractivity contribution in [3.05, 3.63) is 54.0 Å².